The average molecular weight is 413 g/mol. The van der Waals surface area contributed by atoms with Crippen molar-refractivity contribution in [1.82, 2.24) is 5.43 Å². The third-order valence-corrected chi connectivity index (χ3v) is 4.21. The Morgan fingerprint density at radius 3 is 2.37 bits per heavy atom. The largest absolute Gasteiger partial charge is 0.496 e. The first-order valence-electron chi connectivity index (χ1n) is 7.68. The van der Waals surface area contributed by atoms with Crippen molar-refractivity contribution in [1.29, 1.82) is 0 Å². The van der Waals surface area contributed by atoms with Crippen LogP contribution in [0.2, 0.25) is 10.0 Å². The standard InChI is InChI=1S/C18H18Cl2N2O5/c1-24-14-8-16(26-3)15(25-2)7-11(14)9-21-22-17(23)10-27-13-6-4-5-12(19)18(13)20/h4-9H,10H2,1-3H3,(H,22,23)/b21-9+. The van der Waals surface area contributed by atoms with Crippen LogP contribution in [0.15, 0.2) is 35.4 Å². The molecule has 144 valence electrons. The number of halogens is 2. The highest BCUT2D eigenvalue weighted by Crippen LogP contribution is 2.34. The van der Waals surface area contributed by atoms with Crippen molar-refractivity contribution < 1.29 is 23.7 Å². The quantitative estimate of drug-likeness (QED) is 0.529. The number of hydrogen-bond donors (Lipinski definition) is 1. The highest BCUT2D eigenvalue weighted by Gasteiger charge is 2.11. The third kappa shape index (κ3) is 5.42. The van der Waals surface area contributed by atoms with Crippen LogP contribution in [0.1, 0.15) is 5.56 Å². The van der Waals surface area contributed by atoms with Crippen LogP contribution in [0.25, 0.3) is 0 Å². The van der Waals surface area contributed by atoms with Gasteiger partial charge in [0.05, 0.1) is 32.6 Å². The summed E-state index contributed by atoms with van der Waals surface area (Å²) in [4.78, 5) is 11.9. The van der Waals surface area contributed by atoms with Gasteiger partial charge in [-0.15, -0.1) is 0 Å². The molecule has 0 aliphatic rings. The Kier molecular flexibility index (Phi) is 7.57. The average Bonchev–Trinajstić information content (AvgIpc) is 2.68. The second kappa shape index (κ2) is 9.89. The Bertz CT molecular complexity index is 843. The molecule has 27 heavy (non-hydrogen) atoms. The third-order valence-electron chi connectivity index (χ3n) is 3.40. The van der Waals surface area contributed by atoms with Gasteiger partial charge in [-0.1, -0.05) is 29.3 Å². The molecule has 0 radical (unpaired) electrons. The highest BCUT2D eigenvalue weighted by atomic mass is 35.5. The van der Waals surface area contributed by atoms with E-state index in [2.05, 4.69) is 10.5 Å². The Morgan fingerprint density at radius 2 is 1.70 bits per heavy atom. The van der Waals surface area contributed by atoms with Crippen molar-refractivity contribution in [3.8, 4) is 23.0 Å². The number of hydrazone groups is 1. The number of ether oxygens (including phenoxy) is 4. The first-order valence-corrected chi connectivity index (χ1v) is 8.44. The summed E-state index contributed by atoms with van der Waals surface area (Å²) in [7, 11) is 4.56. The fraction of sp³-hybridized carbons (Fsp3) is 0.222. The Labute approximate surface area is 166 Å². The molecule has 0 unspecified atom stereocenters. The molecule has 1 N–H and O–H groups in total. The van der Waals surface area contributed by atoms with Gasteiger partial charge in [-0.3, -0.25) is 4.79 Å². The fourth-order valence-electron chi connectivity index (χ4n) is 2.10. The minimum Gasteiger partial charge on any atom is -0.496 e. The fourth-order valence-corrected chi connectivity index (χ4v) is 2.45. The van der Waals surface area contributed by atoms with Crippen molar-refractivity contribution in [2.75, 3.05) is 27.9 Å². The molecule has 9 heteroatoms. The van der Waals surface area contributed by atoms with Crippen molar-refractivity contribution in [2.45, 2.75) is 0 Å². The molecule has 0 heterocycles. The number of methoxy groups -OCH3 is 3. The molecule has 0 saturated heterocycles. The van der Waals surface area contributed by atoms with E-state index in [9.17, 15) is 4.79 Å². The first-order chi connectivity index (χ1) is 13.0. The predicted molar refractivity (Wildman–Crippen MR) is 104 cm³/mol. The summed E-state index contributed by atoms with van der Waals surface area (Å²) in [5, 5.41) is 4.48. The molecule has 0 atom stereocenters. The highest BCUT2D eigenvalue weighted by molar-refractivity contribution is 6.42. The summed E-state index contributed by atoms with van der Waals surface area (Å²) in [6.07, 6.45) is 1.42. The maximum Gasteiger partial charge on any atom is 0.277 e. The van der Waals surface area contributed by atoms with Gasteiger partial charge in [0, 0.05) is 11.6 Å². The summed E-state index contributed by atoms with van der Waals surface area (Å²) < 4.78 is 21.1. The number of rotatable bonds is 8. The van der Waals surface area contributed by atoms with Crippen LogP contribution in [0.3, 0.4) is 0 Å². The molecular formula is C18H18Cl2N2O5. The molecule has 2 rings (SSSR count). The van der Waals surface area contributed by atoms with E-state index in [-0.39, 0.29) is 11.6 Å². The van der Waals surface area contributed by atoms with Crippen molar-refractivity contribution >= 4 is 35.3 Å². The van der Waals surface area contributed by atoms with Crippen LogP contribution in [-0.4, -0.2) is 40.1 Å². The minimum absolute atomic E-state index is 0.241. The topological polar surface area (TPSA) is 78.4 Å². The molecular weight excluding hydrogens is 395 g/mol. The second-order valence-electron chi connectivity index (χ2n) is 5.08. The van der Waals surface area contributed by atoms with E-state index in [1.807, 2.05) is 0 Å². The Morgan fingerprint density at radius 1 is 1.04 bits per heavy atom. The van der Waals surface area contributed by atoms with Gasteiger partial charge < -0.3 is 18.9 Å². The van der Waals surface area contributed by atoms with Gasteiger partial charge in [-0.25, -0.2) is 5.43 Å². The van der Waals surface area contributed by atoms with Gasteiger partial charge in [0.2, 0.25) is 0 Å². The zero-order valence-electron chi connectivity index (χ0n) is 14.9. The molecule has 0 fully saturated rings. The molecule has 0 saturated carbocycles. The molecule has 1 amide bonds. The van der Waals surface area contributed by atoms with Crippen molar-refractivity contribution in [2.24, 2.45) is 5.10 Å². The van der Waals surface area contributed by atoms with Crippen LogP contribution in [0, 0.1) is 0 Å². The normalized spacial score (nSPS) is 10.6. The van der Waals surface area contributed by atoms with E-state index in [0.29, 0.717) is 33.6 Å². The lowest BCUT2D eigenvalue weighted by Crippen LogP contribution is -2.24. The number of amides is 1. The lowest BCUT2D eigenvalue weighted by atomic mass is 10.2. The van der Waals surface area contributed by atoms with E-state index in [1.54, 1.807) is 30.3 Å². The SMILES string of the molecule is COc1cc(OC)c(OC)cc1/C=N/NC(=O)COc1cccc(Cl)c1Cl. The second-order valence-corrected chi connectivity index (χ2v) is 5.87. The lowest BCUT2D eigenvalue weighted by Gasteiger charge is -2.11. The number of carbonyl (C=O) groups is 1. The van der Waals surface area contributed by atoms with Gasteiger partial charge in [0.25, 0.3) is 5.91 Å². The van der Waals surface area contributed by atoms with E-state index < -0.39 is 5.91 Å². The monoisotopic (exact) mass is 412 g/mol. The summed E-state index contributed by atoms with van der Waals surface area (Å²) >= 11 is 11.9. The Balaban J connectivity index is 2.00. The molecule has 7 nitrogen and oxygen atoms in total. The lowest BCUT2D eigenvalue weighted by molar-refractivity contribution is -0.123. The first kappa shape index (κ1) is 20.7. The number of nitrogens with zero attached hydrogens (tertiary/aromatic N) is 1. The van der Waals surface area contributed by atoms with Gasteiger partial charge >= 0.3 is 0 Å². The molecule has 0 spiro atoms. The molecule has 0 aromatic heterocycles. The van der Waals surface area contributed by atoms with E-state index in [4.69, 9.17) is 42.1 Å². The van der Waals surface area contributed by atoms with Gasteiger partial charge in [0.1, 0.15) is 16.5 Å². The van der Waals surface area contributed by atoms with Crippen LogP contribution in [-0.2, 0) is 4.79 Å². The molecule has 0 aliphatic heterocycles. The van der Waals surface area contributed by atoms with Crippen molar-refractivity contribution in [3.63, 3.8) is 0 Å². The minimum atomic E-state index is -0.471. The maximum absolute atomic E-state index is 11.9. The van der Waals surface area contributed by atoms with Crippen LogP contribution < -0.4 is 24.4 Å². The molecule has 0 bridgehead atoms. The summed E-state index contributed by atoms with van der Waals surface area (Å²) in [5.74, 6) is 1.37. The van der Waals surface area contributed by atoms with Gasteiger partial charge in [0.15, 0.2) is 18.1 Å². The molecule has 2 aromatic carbocycles. The smallest absolute Gasteiger partial charge is 0.277 e. The van der Waals surface area contributed by atoms with Crippen LogP contribution >= 0.6 is 23.2 Å². The van der Waals surface area contributed by atoms with Crippen LogP contribution in [0.5, 0.6) is 23.0 Å². The predicted octanol–water partition coefficient (Wildman–Crippen LogP) is 3.55. The van der Waals surface area contributed by atoms with Gasteiger partial charge in [-0.2, -0.15) is 5.10 Å². The number of hydrogen-bond acceptors (Lipinski definition) is 6. The van der Waals surface area contributed by atoms with E-state index in [1.165, 1.54) is 27.5 Å². The number of nitrogens with one attached hydrogen (secondary N) is 1. The zero-order chi connectivity index (χ0) is 19.8. The Hall–Kier alpha value is -2.64. The van der Waals surface area contributed by atoms with E-state index >= 15 is 0 Å². The number of carbonyl (C=O) groups excluding carboxylic acids is 1. The van der Waals surface area contributed by atoms with E-state index in [0.717, 1.165) is 0 Å². The molecule has 2 aromatic rings. The summed E-state index contributed by atoms with van der Waals surface area (Å²) in [5.41, 5.74) is 2.95. The summed E-state index contributed by atoms with van der Waals surface area (Å²) in [6.45, 7) is -0.277. The zero-order valence-corrected chi connectivity index (χ0v) is 16.4. The van der Waals surface area contributed by atoms with Crippen LogP contribution in [0.4, 0.5) is 0 Å². The molecule has 0 aliphatic carbocycles. The number of benzene rings is 2. The van der Waals surface area contributed by atoms with Crippen molar-refractivity contribution in [3.05, 3.63) is 45.9 Å². The summed E-state index contributed by atoms with van der Waals surface area (Å²) in [6, 6.07) is 8.24. The van der Waals surface area contributed by atoms with Gasteiger partial charge in [-0.05, 0) is 18.2 Å². The maximum atomic E-state index is 11.9.